The molecule has 0 amide bonds. The Morgan fingerprint density at radius 1 is 0.531 bits per heavy atom. The smallest absolute Gasteiger partial charge is 0.269 e. The normalized spacial score (nSPS) is 11.0. The summed E-state index contributed by atoms with van der Waals surface area (Å²) in [6.07, 6.45) is 1.34. The molecule has 0 radical (unpaired) electrons. The number of rotatable bonds is 10. The lowest BCUT2D eigenvalue weighted by molar-refractivity contribution is -0.385. The monoisotopic (exact) mass is 646 g/mol. The number of nitro groups is 2. The minimum absolute atomic E-state index is 0.0119. The molecule has 8 heteroatoms. The Hall–Kier alpha value is -6.54. The highest BCUT2D eigenvalue weighted by Crippen LogP contribution is 2.37. The van der Waals surface area contributed by atoms with Gasteiger partial charge in [-0.3, -0.25) is 20.2 Å². The van der Waals surface area contributed by atoms with Crippen LogP contribution in [-0.2, 0) is 12.8 Å². The number of nitrogens with zero attached hydrogens (tertiary/aromatic N) is 2. The molecule has 0 spiro atoms. The first-order valence-corrected chi connectivity index (χ1v) is 15.8. The van der Waals surface area contributed by atoms with Crippen LogP contribution in [0.5, 0.6) is 23.0 Å². The third-order valence-corrected chi connectivity index (χ3v) is 8.45. The van der Waals surface area contributed by atoms with E-state index in [1.54, 1.807) is 24.3 Å². The standard InChI is InChI=1S/C41H30N2O6/c1-27-8-10-32-12-13-33(41(39(32)22-27)49-37-20-16-35(17-21-37)43(46)47)25-29-5-2-4-28(23-29)24-30-9-11-31-6-3-7-40(38(31)26-30)48-36-18-14-34(15-19-36)42(44)45/h2-23,26H,24-25H2,1H3. The Kier molecular flexibility index (Phi) is 8.43. The van der Waals surface area contributed by atoms with Crippen LogP contribution < -0.4 is 9.47 Å². The number of fused-ring (bicyclic) bond motifs is 2. The van der Waals surface area contributed by atoms with Crippen LogP contribution in [0.15, 0.2) is 140 Å². The van der Waals surface area contributed by atoms with Crippen LogP contribution in [0.4, 0.5) is 11.4 Å². The average molecular weight is 647 g/mol. The Morgan fingerprint density at radius 3 is 1.80 bits per heavy atom. The zero-order chi connectivity index (χ0) is 33.9. The number of hydrogen-bond acceptors (Lipinski definition) is 6. The van der Waals surface area contributed by atoms with Gasteiger partial charge in [-0.25, -0.2) is 0 Å². The van der Waals surface area contributed by atoms with Gasteiger partial charge in [0, 0.05) is 41.5 Å². The maximum absolute atomic E-state index is 11.2. The number of ether oxygens (including phenoxy) is 2. The summed E-state index contributed by atoms with van der Waals surface area (Å²) in [4.78, 5) is 21.4. The molecule has 7 rings (SSSR count). The zero-order valence-corrected chi connectivity index (χ0v) is 26.5. The largest absolute Gasteiger partial charge is 0.457 e. The number of aryl methyl sites for hydroxylation is 1. The van der Waals surface area contributed by atoms with Gasteiger partial charge in [-0.2, -0.15) is 0 Å². The number of nitro benzene ring substituents is 2. The molecule has 7 aromatic rings. The minimum atomic E-state index is -0.430. The molecule has 240 valence electrons. The molecule has 0 atom stereocenters. The highest BCUT2D eigenvalue weighted by molar-refractivity contribution is 5.91. The van der Waals surface area contributed by atoms with Crippen molar-refractivity contribution in [3.63, 3.8) is 0 Å². The molecule has 0 saturated carbocycles. The average Bonchev–Trinajstić information content (AvgIpc) is 3.10. The Labute approximate surface area is 282 Å². The van der Waals surface area contributed by atoms with Gasteiger partial charge in [-0.15, -0.1) is 0 Å². The molecular weight excluding hydrogens is 616 g/mol. The summed E-state index contributed by atoms with van der Waals surface area (Å²) in [6.45, 7) is 2.04. The van der Waals surface area contributed by atoms with Gasteiger partial charge in [0.1, 0.15) is 23.0 Å². The van der Waals surface area contributed by atoms with Gasteiger partial charge in [-0.1, -0.05) is 78.4 Å². The molecule has 0 N–H and O–H groups in total. The number of hydrogen-bond donors (Lipinski definition) is 0. The highest BCUT2D eigenvalue weighted by Gasteiger charge is 2.14. The fourth-order valence-electron chi connectivity index (χ4n) is 6.02. The third kappa shape index (κ3) is 6.94. The van der Waals surface area contributed by atoms with Crippen molar-refractivity contribution >= 4 is 32.9 Å². The van der Waals surface area contributed by atoms with Crippen LogP contribution in [-0.4, -0.2) is 9.85 Å². The topological polar surface area (TPSA) is 105 Å². The first kappa shape index (κ1) is 31.1. The molecule has 0 heterocycles. The maximum atomic E-state index is 11.2. The Balaban J connectivity index is 1.16. The van der Waals surface area contributed by atoms with Crippen LogP contribution in [0.2, 0.25) is 0 Å². The van der Waals surface area contributed by atoms with Crippen molar-refractivity contribution in [1.29, 1.82) is 0 Å². The van der Waals surface area contributed by atoms with Gasteiger partial charge in [0.25, 0.3) is 11.4 Å². The van der Waals surface area contributed by atoms with E-state index < -0.39 is 9.85 Å². The predicted molar refractivity (Wildman–Crippen MR) is 191 cm³/mol. The van der Waals surface area contributed by atoms with E-state index in [2.05, 4.69) is 72.8 Å². The van der Waals surface area contributed by atoms with E-state index in [1.807, 2.05) is 25.1 Å². The lowest BCUT2D eigenvalue weighted by Crippen LogP contribution is -1.97. The maximum Gasteiger partial charge on any atom is 0.269 e. The van der Waals surface area contributed by atoms with E-state index in [1.165, 1.54) is 24.3 Å². The second-order valence-electron chi connectivity index (χ2n) is 12.0. The summed E-state index contributed by atoms with van der Waals surface area (Å²) in [5, 5.41) is 26.3. The first-order chi connectivity index (χ1) is 23.8. The first-order valence-electron chi connectivity index (χ1n) is 15.8. The summed E-state index contributed by atoms with van der Waals surface area (Å²) in [6, 6.07) is 43.3. The lowest BCUT2D eigenvalue weighted by Gasteiger charge is -2.16. The second-order valence-corrected chi connectivity index (χ2v) is 12.0. The predicted octanol–water partition coefficient (Wildman–Crippen LogP) is 10.9. The van der Waals surface area contributed by atoms with E-state index in [0.29, 0.717) is 30.1 Å². The van der Waals surface area contributed by atoms with E-state index in [9.17, 15) is 20.2 Å². The fourth-order valence-corrected chi connectivity index (χ4v) is 6.02. The van der Waals surface area contributed by atoms with Gasteiger partial charge >= 0.3 is 0 Å². The summed E-state index contributed by atoms with van der Waals surface area (Å²) >= 11 is 0. The SMILES string of the molecule is Cc1ccc2ccc(Cc3cccc(Cc4ccc5cccc(Oc6ccc([N+](=O)[O-])cc6)c5c4)c3)c(Oc3ccc([N+](=O)[O-])cc3)c2c1. The Morgan fingerprint density at radius 2 is 1.10 bits per heavy atom. The molecule has 0 saturated heterocycles. The molecule has 0 aliphatic rings. The molecule has 0 aromatic heterocycles. The van der Waals surface area contributed by atoms with Gasteiger partial charge in [-0.05, 0) is 88.8 Å². The molecule has 0 fully saturated rings. The Bertz CT molecular complexity index is 2350. The summed E-state index contributed by atoms with van der Waals surface area (Å²) in [5.41, 5.74) is 5.54. The molecule has 0 bridgehead atoms. The van der Waals surface area contributed by atoms with Crippen molar-refractivity contribution in [2.45, 2.75) is 19.8 Å². The molecule has 0 unspecified atom stereocenters. The zero-order valence-electron chi connectivity index (χ0n) is 26.5. The second kappa shape index (κ2) is 13.3. The number of benzene rings is 7. The minimum Gasteiger partial charge on any atom is -0.457 e. The van der Waals surface area contributed by atoms with Gasteiger partial charge in [0.15, 0.2) is 0 Å². The van der Waals surface area contributed by atoms with E-state index in [0.717, 1.165) is 55.1 Å². The van der Waals surface area contributed by atoms with Crippen LogP contribution in [0.1, 0.15) is 27.8 Å². The van der Waals surface area contributed by atoms with Crippen LogP contribution in [0.25, 0.3) is 21.5 Å². The van der Waals surface area contributed by atoms with Gasteiger partial charge in [0.05, 0.1) is 9.85 Å². The van der Waals surface area contributed by atoms with Gasteiger partial charge in [0.2, 0.25) is 0 Å². The van der Waals surface area contributed by atoms with Crippen molar-refractivity contribution in [3.05, 3.63) is 188 Å². The van der Waals surface area contributed by atoms with Crippen molar-refractivity contribution < 1.29 is 19.3 Å². The van der Waals surface area contributed by atoms with Gasteiger partial charge < -0.3 is 9.47 Å². The number of non-ortho nitro benzene ring substituents is 2. The van der Waals surface area contributed by atoms with Crippen molar-refractivity contribution in [1.82, 2.24) is 0 Å². The molecule has 0 aliphatic carbocycles. The van der Waals surface area contributed by atoms with Crippen molar-refractivity contribution in [2.24, 2.45) is 0 Å². The lowest BCUT2D eigenvalue weighted by atomic mass is 9.95. The van der Waals surface area contributed by atoms with Crippen LogP contribution >= 0.6 is 0 Å². The molecule has 8 nitrogen and oxygen atoms in total. The third-order valence-electron chi connectivity index (χ3n) is 8.45. The summed E-state index contributed by atoms with van der Waals surface area (Å²) in [7, 11) is 0. The van der Waals surface area contributed by atoms with E-state index in [-0.39, 0.29) is 11.4 Å². The van der Waals surface area contributed by atoms with E-state index in [4.69, 9.17) is 9.47 Å². The van der Waals surface area contributed by atoms with Crippen LogP contribution in [0.3, 0.4) is 0 Å². The molecule has 49 heavy (non-hydrogen) atoms. The van der Waals surface area contributed by atoms with Crippen molar-refractivity contribution in [3.8, 4) is 23.0 Å². The quantitative estimate of drug-likeness (QED) is 0.108. The molecular formula is C41H30N2O6. The van der Waals surface area contributed by atoms with Crippen molar-refractivity contribution in [2.75, 3.05) is 0 Å². The highest BCUT2D eigenvalue weighted by atomic mass is 16.6. The summed E-state index contributed by atoms with van der Waals surface area (Å²) in [5.74, 6) is 2.46. The van der Waals surface area contributed by atoms with Crippen LogP contribution in [0, 0.1) is 27.2 Å². The fraction of sp³-hybridized carbons (Fsp3) is 0.0732. The molecule has 0 aliphatic heterocycles. The molecule has 7 aromatic carbocycles. The summed E-state index contributed by atoms with van der Waals surface area (Å²) < 4.78 is 12.6. The van der Waals surface area contributed by atoms with E-state index >= 15 is 0 Å².